The second-order valence-corrected chi connectivity index (χ2v) is 4.12. The highest BCUT2D eigenvalue weighted by molar-refractivity contribution is 6.08. The first-order valence-corrected chi connectivity index (χ1v) is 5.88. The fraction of sp³-hybridized carbons (Fsp3) is 0.308. The Morgan fingerprint density at radius 3 is 2.83 bits per heavy atom. The van der Waals surface area contributed by atoms with Crippen molar-refractivity contribution >= 4 is 5.78 Å². The monoisotopic (exact) mass is 245 g/mol. The SMILES string of the molecule is CCCc1[nH]n(C)c(=O)c1C(=O)c1ccccn1. The zero-order valence-corrected chi connectivity index (χ0v) is 10.4. The van der Waals surface area contributed by atoms with Gasteiger partial charge in [0, 0.05) is 18.9 Å². The van der Waals surface area contributed by atoms with Gasteiger partial charge in [0.1, 0.15) is 11.3 Å². The Labute approximate surface area is 104 Å². The van der Waals surface area contributed by atoms with Crippen LogP contribution < -0.4 is 5.56 Å². The van der Waals surface area contributed by atoms with Crippen molar-refractivity contribution in [1.29, 1.82) is 0 Å². The van der Waals surface area contributed by atoms with Gasteiger partial charge in [0.15, 0.2) is 0 Å². The molecule has 5 nitrogen and oxygen atoms in total. The summed E-state index contributed by atoms with van der Waals surface area (Å²) in [7, 11) is 1.61. The van der Waals surface area contributed by atoms with Crippen LogP contribution in [0.3, 0.4) is 0 Å². The predicted molar refractivity (Wildman–Crippen MR) is 67.7 cm³/mol. The fourth-order valence-electron chi connectivity index (χ4n) is 1.90. The Morgan fingerprint density at radius 2 is 2.22 bits per heavy atom. The van der Waals surface area contributed by atoms with Gasteiger partial charge in [0.05, 0.1) is 0 Å². The van der Waals surface area contributed by atoms with Crippen LogP contribution in [0.5, 0.6) is 0 Å². The van der Waals surface area contributed by atoms with E-state index in [4.69, 9.17) is 0 Å². The zero-order valence-electron chi connectivity index (χ0n) is 10.4. The van der Waals surface area contributed by atoms with Crippen molar-refractivity contribution in [1.82, 2.24) is 14.8 Å². The van der Waals surface area contributed by atoms with E-state index in [0.29, 0.717) is 17.8 Å². The molecule has 0 saturated heterocycles. The van der Waals surface area contributed by atoms with Gasteiger partial charge >= 0.3 is 0 Å². The van der Waals surface area contributed by atoms with Crippen LogP contribution in [-0.2, 0) is 13.5 Å². The first-order chi connectivity index (χ1) is 8.65. The molecule has 0 unspecified atom stereocenters. The number of aromatic amines is 1. The molecule has 0 aromatic carbocycles. The second-order valence-electron chi connectivity index (χ2n) is 4.12. The quantitative estimate of drug-likeness (QED) is 0.825. The molecule has 0 aliphatic rings. The Bertz CT molecular complexity index is 611. The number of pyridine rings is 1. The number of nitrogens with one attached hydrogen (secondary N) is 1. The van der Waals surface area contributed by atoms with Crippen LogP contribution in [0.2, 0.25) is 0 Å². The van der Waals surface area contributed by atoms with Gasteiger partial charge in [-0.3, -0.25) is 24.4 Å². The molecule has 0 fully saturated rings. The van der Waals surface area contributed by atoms with Gasteiger partial charge in [-0.1, -0.05) is 19.4 Å². The van der Waals surface area contributed by atoms with Crippen molar-refractivity contribution < 1.29 is 4.79 Å². The Kier molecular flexibility index (Phi) is 3.41. The highest BCUT2D eigenvalue weighted by atomic mass is 16.2. The molecule has 2 heterocycles. The number of ketones is 1. The minimum Gasteiger partial charge on any atom is -0.299 e. The van der Waals surface area contributed by atoms with Gasteiger partial charge in [0.2, 0.25) is 5.78 Å². The topological polar surface area (TPSA) is 67.8 Å². The van der Waals surface area contributed by atoms with Crippen LogP contribution >= 0.6 is 0 Å². The molecular formula is C13H15N3O2. The molecule has 0 radical (unpaired) electrons. The molecule has 0 bridgehead atoms. The largest absolute Gasteiger partial charge is 0.299 e. The molecule has 2 aromatic rings. The second kappa shape index (κ2) is 5.00. The molecule has 0 saturated carbocycles. The highest BCUT2D eigenvalue weighted by Gasteiger charge is 2.21. The summed E-state index contributed by atoms with van der Waals surface area (Å²) in [6.45, 7) is 2.00. The molecular weight excluding hydrogens is 230 g/mol. The lowest BCUT2D eigenvalue weighted by Crippen LogP contribution is -2.20. The first kappa shape index (κ1) is 12.3. The third kappa shape index (κ3) is 2.11. The van der Waals surface area contributed by atoms with Crippen molar-refractivity contribution in [2.24, 2.45) is 7.05 Å². The maximum atomic E-state index is 12.3. The third-order valence-corrected chi connectivity index (χ3v) is 2.75. The van der Waals surface area contributed by atoms with E-state index >= 15 is 0 Å². The third-order valence-electron chi connectivity index (χ3n) is 2.75. The van der Waals surface area contributed by atoms with Crippen molar-refractivity contribution in [3.05, 3.63) is 51.7 Å². The van der Waals surface area contributed by atoms with Gasteiger partial charge < -0.3 is 0 Å². The van der Waals surface area contributed by atoms with Crippen molar-refractivity contribution in [2.75, 3.05) is 0 Å². The van der Waals surface area contributed by atoms with Crippen LogP contribution in [0.4, 0.5) is 0 Å². The molecule has 0 spiro atoms. The lowest BCUT2D eigenvalue weighted by molar-refractivity contribution is 0.103. The van der Waals surface area contributed by atoms with E-state index in [1.165, 1.54) is 4.68 Å². The van der Waals surface area contributed by atoms with E-state index in [2.05, 4.69) is 10.1 Å². The van der Waals surface area contributed by atoms with Crippen molar-refractivity contribution in [3.8, 4) is 0 Å². The summed E-state index contributed by atoms with van der Waals surface area (Å²) < 4.78 is 1.33. The summed E-state index contributed by atoms with van der Waals surface area (Å²) in [5, 5.41) is 2.92. The number of hydrogen-bond donors (Lipinski definition) is 1. The van der Waals surface area contributed by atoms with Crippen LogP contribution in [0.1, 0.15) is 35.1 Å². The van der Waals surface area contributed by atoms with Crippen molar-refractivity contribution in [2.45, 2.75) is 19.8 Å². The number of aromatic nitrogens is 3. The highest BCUT2D eigenvalue weighted by Crippen LogP contribution is 2.09. The minimum atomic E-state index is -0.319. The summed E-state index contributed by atoms with van der Waals surface area (Å²) in [5.74, 6) is -0.319. The van der Waals surface area contributed by atoms with Gasteiger partial charge in [0.25, 0.3) is 5.56 Å². The lowest BCUT2D eigenvalue weighted by Gasteiger charge is -1.99. The van der Waals surface area contributed by atoms with Crippen LogP contribution in [-0.4, -0.2) is 20.5 Å². The number of carbonyl (C=O) groups excluding carboxylic acids is 1. The molecule has 0 aliphatic carbocycles. The summed E-state index contributed by atoms with van der Waals surface area (Å²) in [5.41, 5.74) is 0.888. The van der Waals surface area contributed by atoms with Gasteiger partial charge in [-0.25, -0.2) is 0 Å². The summed E-state index contributed by atoms with van der Waals surface area (Å²) in [4.78, 5) is 28.2. The van der Waals surface area contributed by atoms with Gasteiger partial charge in [-0.15, -0.1) is 0 Å². The Morgan fingerprint density at radius 1 is 1.44 bits per heavy atom. The number of nitrogens with zero attached hydrogens (tertiary/aromatic N) is 2. The molecule has 94 valence electrons. The molecule has 1 N–H and O–H groups in total. The molecule has 2 aromatic heterocycles. The zero-order chi connectivity index (χ0) is 13.1. The fourth-order valence-corrected chi connectivity index (χ4v) is 1.90. The standard InChI is InChI=1S/C13H15N3O2/c1-3-6-9-11(13(18)16(2)15-9)12(17)10-7-4-5-8-14-10/h4-5,7-8,15H,3,6H2,1-2H3. The molecule has 2 rings (SSSR count). The number of rotatable bonds is 4. The maximum Gasteiger partial charge on any atom is 0.277 e. The molecule has 5 heteroatoms. The summed E-state index contributed by atoms with van der Waals surface area (Å²) in [6.07, 6.45) is 3.08. The molecule has 0 aliphatic heterocycles. The van der Waals surface area contributed by atoms with E-state index in [1.807, 2.05) is 6.92 Å². The average molecular weight is 245 g/mol. The van der Waals surface area contributed by atoms with Gasteiger partial charge in [-0.2, -0.15) is 0 Å². The van der Waals surface area contributed by atoms with Crippen molar-refractivity contribution in [3.63, 3.8) is 0 Å². The number of H-pyrrole nitrogens is 1. The van der Waals surface area contributed by atoms with E-state index in [9.17, 15) is 9.59 Å². The van der Waals surface area contributed by atoms with Crippen LogP contribution in [0.25, 0.3) is 0 Å². The van der Waals surface area contributed by atoms with E-state index in [-0.39, 0.29) is 16.9 Å². The summed E-state index contributed by atoms with van der Waals surface area (Å²) in [6, 6.07) is 5.08. The van der Waals surface area contributed by atoms with E-state index in [1.54, 1.807) is 31.4 Å². The normalized spacial score (nSPS) is 10.6. The Hall–Kier alpha value is -2.17. The van der Waals surface area contributed by atoms with E-state index in [0.717, 1.165) is 6.42 Å². The number of carbonyl (C=O) groups is 1. The number of aryl methyl sites for hydroxylation is 2. The Balaban J connectivity index is 2.51. The average Bonchev–Trinajstić information content (AvgIpc) is 2.66. The number of hydrogen-bond acceptors (Lipinski definition) is 3. The summed E-state index contributed by atoms with van der Waals surface area (Å²) >= 11 is 0. The lowest BCUT2D eigenvalue weighted by atomic mass is 10.1. The van der Waals surface area contributed by atoms with Crippen LogP contribution in [0.15, 0.2) is 29.2 Å². The minimum absolute atomic E-state index is 0.207. The molecule has 0 amide bonds. The molecule has 0 atom stereocenters. The van der Waals surface area contributed by atoms with Gasteiger partial charge in [-0.05, 0) is 18.6 Å². The maximum absolute atomic E-state index is 12.3. The van der Waals surface area contributed by atoms with Crippen LogP contribution in [0, 0.1) is 0 Å². The smallest absolute Gasteiger partial charge is 0.277 e. The predicted octanol–water partition coefficient (Wildman–Crippen LogP) is 1.29. The van der Waals surface area contributed by atoms with E-state index < -0.39 is 0 Å². The first-order valence-electron chi connectivity index (χ1n) is 5.88. The molecule has 18 heavy (non-hydrogen) atoms.